The van der Waals surface area contributed by atoms with Crippen molar-refractivity contribution >= 4 is 5.97 Å². The van der Waals surface area contributed by atoms with E-state index in [0.29, 0.717) is 13.2 Å². The maximum absolute atomic E-state index is 11.2. The summed E-state index contributed by atoms with van der Waals surface area (Å²) in [6, 6.07) is 8.58. The number of benzene rings is 1. The lowest BCUT2D eigenvalue weighted by atomic mass is 10.1. The van der Waals surface area contributed by atoms with Crippen LogP contribution in [0.25, 0.3) is 0 Å². The Balaban J connectivity index is 2.26. The van der Waals surface area contributed by atoms with Gasteiger partial charge < -0.3 is 15.2 Å². The standard InChI is InChI=1S/C15H23NO3/c1-2-3-11-19-12-7-10-16-14(15(17)18)13-8-5-4-6-9-13/h4-6,8-9,14,16H,2-3,7,10-12H2,1H3,(H,17,18). The van der Waals surface area contributed by atoms with Crippen molar-refractivity contribution in [3.8, 4) is 0 Å². The molecule has 4 heteroatoms. The summed E-state index contributed by atoms with van der Waals surface area (Å²) in [6.45, 7) is 4.23. The zero-order valence-electron chi connectivity index (χ0n) is 11.5. The first-order chi connectivity index (χ1) is 9.25. The molecule has 0 fully saturated rings. The predicted octanol–water partition coefficient (Wildman–Crippen LogP) is 2.61. The molecule has 0 heterocycles. The third-order valence-corrected chi connectivity index (χ3v) is 2.84. The van der Waals surface area contributed by atoms with Crippen molar-refractivity contribution in [1.82, 2.24) is 5.32 Å². The summed E-state index contributed by atoms with van der Waals surface area (Å²) in [6.07, 6.45) is 3.03. The van der Waals surface area contributed by atoms with Crippen molar-refractivity contribution in [1.29, 1.82) is 0 Å². The van der Waals surface area contributed by atoms with Crippen molar-refractivity contribution in [3.63, 3.8) is 0 Å². The molecule has 2 N–H and O–H groups in total. The SMILES string of the molecule is CCCCOCCCNC(C(=O)O)c1ccccc1. The van der Waals surface area contributed by atoms with Gasteiger partial charge in [-0.25, -0.2) is 0 Å². The van der Waals surface area contributed by atoms with Gasteiger partial charge in [-0.15, -0.1) is 0 Å². The van der Waals surface area contributed by atoms with Gasteiger partial charge in [0.15, 0.2) is 0 Å². The third kappa shape index (κ3) is 6.36. The highest BCUT2D eigenvalue weighted by atomic mass is 16.5. The Labute approximate surface area is 114 Å². The topological polar surface area (TPSA) is 58.6 Å². The van der Waals surface area contributed by atoms with E-state index in [0.717, 1.165) is 31.4 Å². The fourth-order valence-corrected chi connectivity index (χ4v) is 1.76. The third-order valence-electron chi connectivity index (χ3n) is 2.84. The van der Waals surface area contributed by atoms with Crippen molar-refractivity contribution < 1.29 is 14.6 Å². The molecule has 0 amide bonds. The van der Waals surface area contributed by atoms with Crippen LogP contribution >= 0.6 is 0 Å². The Kier molecular flexibility index (Phi) is 7.86. The lowest BCUT2D eigenvalue weighted by molar-refractivity contribution is -0.139. The fraction of sp³-hybridized carbons (Fsp3) is 0.533. The van der Waals surface area contributed by atoms with Gasteiger partial charge in [0.2, 0.25) is 0 Å². The van der Waals surface area contributed by atoms with Gasteiger partial charge in [0.05, 0.1) is 0 Å². The number of rotatable bonds is 10. The number of nitrogens with one attached hydrogen (secondary N) is 1. The Morgan fingerprint density at radius 3 is 2.58 bits per heavy atom. The average Bonchev–Trinajstić information content (AvgIpc) is 2.42. The quantitative estimate of drug-likeness (QED) is 0.638. The maximum atomic E-state index is 11.2. The number of carboxylic acids is 1. The van der Waals surface area contributed by atoms with Crippen LogP contribution in [0.2, 0.25) is 0 Å². The van der Waals surface area contributed by atoms with E-state index in [2.05, 4.69) is 12.2 Å². The highest BCUT2D eigenvalue weighted by molar-refractivity contribution is 5.75. The molecule has 0 aromatic heterocycles. The van der Waals surface area contributed by atoms with Gasteiger partial charge >= 0.3 is 5.97 Å². The van der Waals surface area contributed by atoms with Gasteiger partial charge in [-0.2, -0.15) is 0 Å². The molecule has 0 saturated carbocycles. The van der Waals surface area contributed by atoms with Crippen molar-refractivity contribution in [2.24, 2.45) is 0 Å². The highest BCUT2D eigenvalue weighted by Crippen LogP contribution is 2.12. The van der Waals surface area contributed by atoms with Crippen LogP contribution in [0.5, 0.6) is 0 Å². The fourth-order valence-electron chi connectivity index (χ4n) is 1.76. The Morgan fingerprint density at radius 1 is 1.26 bits per heavy atom. The summed E-state index contributed by atoms with van der Waals surface area (Å²) in [5, 5.41) is 12.3. The van der Waals surface area contributed by atoms with E-state index in [1.54, 1.807) is 0 Å². The van der Waals surface area contributed by atoms with Gasteiger partial charge in [-0.1, -0.05) is 43.7 Å². The Bertz CT molecular complexity index is 354. The van der Waals surface area contributed by atoms with Gasteiger partial charge in [0.25, 0.3) is 0 Å². The molecule has 1 unspecified atom stereocenters. The molecule has 0 bridgehead atoms. The number of aliphatic carboxylic acids is 1. The van der Waals surface area contributed by atoms with E-state index in [1.807, 2.05) is 30.3 Å². The number of unbranched alkanes of at least 4 members (excludes halogenated alkanes) is 1. The van der Waals surface area contributed by atoms with Crippen LogP contribution in [-0.2, 0) is 9.53 Å². The number of carbonyl (C=O) groups is 1. The van der Waals surface area contributed by atoms with Crippen LogP contribution in [0.1, 0.15) is 37.8 Å². The molecule has 19 heavy (non-hydrogen) atoms. The molecule has 0 saturated heterocycles. The molecule has 0 aliphatic carbocycles. The predicted molar refractivity (Wildman–Crippen MR) is 75.2 cm³/mol. The molecule has 4 nitrogen and oxygen atoms in total. The normalized spacial score (nSPS) is 12.3. The molecule has 0 aliphatic heterocycles. The van der Waals surface area contributed by atoms with E-state index in [9.17, 15) is 9.90 Å². The smallest absolute Gasteiger partial charge is 0.325 e. The van der Waals surface area contributed by atoms with E-state index < -0.39 is 12.0 Å². The second-order valence-electron chi connectivity index (χ2n) is 4.46. The highest BCUT2D eigenvalue weighted by Gasteiger charge is 2.17. The lowest BCUT2D eigenvalue weighted by Crippen LogP contribution is -2.29. The maximum Gasteiger partial charge on any atom is 0.325 e. The second kappa shape index (κ2) is 9.53. The van der Waals surface area contributed by atoms with Crippen LogP contribution < -0.4 is 5.32 Å². The summed E-state index contributed by atoms with van der Waals surface area (Å²) < 4.78 is 5.43. The van der Waals surface area contributed by atoms with Crippen molar-refractivity contribution in [2.75, 3.05) is 19.8 Å². The van der Waals surface area contributed by atoms with E-state index in [-0.39, 0.29) is 0 Å². The molecule has 1 aromatic carbocycles. The van der Waals surface area contributed by atoms with E-state index in [4.69, 9.17) is 4.74 Å². The first-order valence-corrected chi connectivity index (χ1v) is 6.84. The summed E-state index contributed by atoms with van der Waals surface area (Å²) in [7, 11) is 0. The van der Waals surface area contributed by atoms with Crippen LogP contribution in [0.15, 0.2) is 30.3 Å². The average molecular weight is 265 g/mol. The summed E-state index contributed by atoms with van der Waals surface area (Å²) >= 11 is 0. The van der Waals surface area contributed by atoms with Crippen LogP contribution in [-0.4, -0.2) is 30.8 Å². The molecule has 0 aliphatic rings. The van der Waals surface area contributed by atoms with Crippen LogP contribution in [0.3, 0.4) is 0 Å². The lowest BCUT2D eigenvalue weighted by Gasteiger charge is -2.14. The van der Waals surface area contributed by atoms with Gasteiger partial charge in [-0.05, 0) is 24.9 Å². The largest absolute Gasteiger partial charge is 0.480 e. The second-order valence-corrected chi connectivity index (χ2v) is 4.46. The zero-order chi connectivity index (χ0) is 13.9. The first kappa shape index (κ1) is 15.7. The van der Waals surface area contributed by atoms with Gasteiger partial charge in [-0.3, -0.25) is 4.79 Å². The molecule has 1 rings (SSSR count). The molecular weight excluding hydrogens is 242 g/mol. The minimum Gasteiger partial charge on any atom is -0.480 e. The van der Waals surface area contributed by atoms with Crippen LogP contribution in [0.4, 0.5) is 0 Å². The number of hydrogen-bond acceptors (Lipinski definition) is 3. The molecule has 0 radical (unpaired) electrons. The van der Waals surface area contributed by atoms with Crippen molar-refractivity contribution in [3.05, 3.63) is 35.9 Å². The summed E-state index contributed by atoms with van der Waals surface area (Å²) in [4.78, 5) is 11.2. The molecule has 0 spiro atoms. The van der Waals surface area contributed by atoms with Gasteiger partial charge in [0.1, 0.15) is 6.04 Å². The van der Waals surface area contributed by atoms with Crippen LogP contribution in [0, 0.1) is 0 Å². The Morgan fingerprint density at radius 2 is 1.95 bits per heavy atom. The molecule has 106 valence electrons. The van der Waals surface area contributed by atoms with E-state index in [1.165, 1.54) is 0 Å². The van der Waals surface area contributed by atoms with Crippen molar-refractivity contribution in [2.45, 2.75) is 32.2 Å². The zero-order valence-corrected chi connectivity index (χ0v) is 11.5. The molecular formula is C15H23NO3. The number of carboxylic acid groups (broad SMARTS) is 1. The van der Waals surface area contributed by atoms with Gasteiger partial charge in [0, 0.05) is 13.2 Å². The minimum atomic E-state index is -0.849. The van der Waals surface area contributed by atoms with E-state index >= 15 is 0 Å². The first-order valence-electron chi connectivity index (χ1n) is 6.84. The summed E-state index contributed by atoms with van der Waals surface area (Å²) in [5.41, 5.74) is 0.780. The minimum absolute atomic E-state index is 0.637. The number of hydrogen-bond donors (Lipinski definition) is 2. The monoisotopic (exact) mass is 265 g/mol. The number of ether oxygens (including phenoxy) is 1. The Hall–Kier alpha value is -1.39. The molecule has 1 aromatic rings. The summed E-state index contributed by atoms with van der Waals surface area (Å²) in [5.74, 6) is -0.849. The molecule has 1 atom stereocenters.